The van der Waals surface area contributed by atoms with Crippen LogP contribution in [0.15, 0.2) is 42.7 Å². The molecule has 1 N–H and O–H groups in total. The number of nitrogens with zero attached hydrogens (tertiary/aromatic N) is 3. The van der Waals surface area contributed by atoms with Gasteiger partial charge in [0.15, 0.2) is 5.75 Å². The molecule has 0 radical (unpaired) electrons. The fourth-order valence-electron chi connectivity index (χ4n) is 2.43. The van der Waals surface area contributed by atoms with Crippen molar-refractivity contribution in [2.24, 2.45) is 0 Å². The van der Waals surface area contributed by atoms with Crippen molar-refractivity contribution in [3.05, 3.63) is 58.4 Å². The molecule has 3 aromatic rings. The van der Waals surface area contributed by atoms with Crippen LogP contribution in [0, 0.1) is 10.1 Å². The zero-order valence-electron chi connectivity index (χ0n) is 12.5. The lowest BCUT2D eigenvalue weighted by molar-refractivity contribution is -0.385. The van der Waals surface area contributed by atoms with Gasteiger partial charge in [-0.05, 0) is 25.1 Å². The van der Waals surface area contributed by atoms with Crippen molar-refractivity contribution in [2.45, 2.75) is 13.5 Å². The summed E-state index contributed by atoms with van der Waals surface area (Å²) in [5.41, 5.74) is 2.44. The zero-order chi connectivity index (χ0) is 16.4. The Bertz CT molecular complexity index is 873. The van der Waals surface area contributed by atoms with Crippen molar-refractivity contribution >= 4 is 11.3 Å². The normalized spacial score (nSPS) is 10.9. The van der Waals surface area contributed by atoms with E-state index < -0.39 is 4.92 Å². The van der Waals surface area contributed by atoms with Gasteiger partial charge < -0.3 is 14.2 Å². The number of nitro benzene ring substituents is 1. The maximum Gasteiger partial charge on any atom is 0.311 e. The molecule has 0 aliphatic carbocycles. The number of benzene rings is 1. The molecule has 2 heterocycles. The topological polar surface area (TPSA) is 89.9 Å². The second-order valence-corrected chi connectivity index (χ2v) is 4.92. The van der Waals surface area contributed by atoms with Crippen LogP contribution in [0.5, 0.6) is 5.75 Å². The Morgan fingerprint density at radius 2 is 2.22 bits per heavy atom. The highest BCUT2D eigenvalue weighted by molar-refractivity contribution is 5.68. The Labute approximate surface area is 131 Å². The number of aromatic nitrogens is 2. The van der Waals surface area contributed by atoms with Crippen molar-refractivity contribution in [2.75, 3.05) is 6.61 Å². The van der Waals surface area contributed by atoms with E-state index in [9.17, 15) is 15.2 Å². The maximum absolute atomic E-state index is 11.2. The fourth-order valence-corrected chi connectivity index (χ4v) is 2.43. The molecule has 3 rings (SSSR count). The highest BCUT2D eigenvalue weighted by Gasteiger charge is 2.17. The standard InChI is InChI=1S/C16H15N3O4/c1-2-23-15-6-5-11(8-14(15)19(21)22)13-9-18-7-3-4-12(10-20)16(18)17-13/h3-9,20H,2,10H2,1H3. The number of ether oxygens (including phenoxy) is 1. The molecule has 0 aliphatic rings. The van der Waals surface area contributed by atoms with Crippen LogP contribution in [0.2, 0.25) is 0 Å². The van der Waals surface area contributed by atoms with Crippen LogP contribution in [-0.2, 0) is 6.61 Å². The van der Waals surface area contributed by atoms with E-state index in [-0.39, 0.29) is 18.0 Å². The van der Waals surface area contributed by atoms with Gasteiger partial charge in [-0.15, -0.1) is 0 Å². The summed E-state index contributed by atoms with van der Waals surface area (Å²) in [4.78, 5) is 15.2. The third-order valence-corrected chi connectivity index (χ3v) is 3.49. The number of nitro groups is 1. The summed E-state index contributed by atoms with van der Waals surface area (Å²) in [6.45, 7) is 2.01. The van der Waals surface area contributed by atoms with Crippen molar-refractivity contribution in [1.82, 2.24) is 9.38 Å². The lowest BCUT2D eigenvalue weighted by Gasteiger charge is -2.05. The summed E-state index contributed by atoms with van der Waals surface area (Å²) in [6.07, 6.45) is 3.59. The Morgan fingerprint density at radius 3 is 2.91 bits per heavy atom. The first-order valence-corrected chi connectivity index (χ1v) is 7.13. The van der Waals surface area contributed by atoms with Gasteiger partial charge in [-0.2, -0.15) is 0 Å². The molecule has 0 atom stereocenters. The van der Waals surface area contributed by atoms with Crippen molar-refractivity contribution in [3.8, 4) is 17.0 Å². The molecule has 7 nitrogen and oxygen atoms in total. The van der Waals surface area contributed by atoms with Crippen LogP contribution < -0.4 is 4.74 Å². The van der Waals surface area contributed by atoms with Crippen LogP contribution in [-0.4, -0.2) is 26.0 Å². The first-order chi connectivity index (χ1) is 11.1. The average Bonchev–Trinajstić information content (AvgIpc) is 2.99. The van der Waals surface area contributed by atoms with Gasteiger partial charge >= 0.3 is 5.69 Å². The number of imidazole rings is 1. The molecule has 0 unspecified atom stereocenters. The van der Waals surface area contributed by atoms with E-state index in [1.54, 1.807) is 35.7 Å². The van der Waals surface area contributed by atoms with Crippen molar-refractivity contribution in [3.63, 3.8) is 0 Å². The monoisotopic (exact) mass is 313 g/mol. The van der Waals surface area contributed by atoms with Gasteiger partial charge in [-0.25, -0.2) is 4.98 Å². The number of hydrogen-bond acceptors (Lipinski definition) is 5. The largest absolute Gasteiger partial charge is 0.487 e. The number of aliphatic hydroxyl groups excluding tert-OH is 1. The molecule has 0 saturated carbocycles. The quantitative estimate of drug-likeness (QED) is 0.578. The lowest BCUT2D eigenvalue weighted by Crippen LogP contribution is -1.97. The van der Waals surface area contributed by atoms with E-state index >= 15 is 0 Å². The zero-order valence-corrected chi connectivity index (χ0v) is 12.5. The van der Waals surface area contributed by atoms with E-state index in [1.807, 2.05) is 12.3 Å². The Balaban J connectivity index is 2.11. The molecule has 7 heteroatoms. The smallest absolute Gasteiger partial charge is 0.311 e. The minimum Gasteiger partial charge on any atom is -0.487 e. The number of pyridine rings is 1. The number of hydrogen-bond donors (Lipinski definition) is 1. The predicted molar refractivity (Wildman–Crippen MR) is 84.4 cm³/mol. The minimum absolute atomic E-state index is 0.0937. The van der Waals surface area contributed by atoms with Gasteiger partial charge in [-0.3, -0.25) is 10.1 Å². The van der Waals surface area contributed by atoms with Crippen LogP contribution in [0.1, 0.15) is 12.5 Å². The van der Waals surface area contributed by atoms with Gasteiger partial charge in [0.2, 0.25) is 0 Å². The highest BCUT2D eigenvalue weighted by Crippen LogP contribution is 2.32. The van der Waals surface area contributed by atoms with Crippen LogP contribution >= 0.6 is 0 Å². The Kier molecular flexibility index (Phi) is 3.94. The van der Waals surface area contributed by atoms with Crippen molar-refractivity contribution in [1.29, 1.82) is 0 Å². The summed E-state index contributed by atoms with van der Waals surface area (Å²) >= 11 is 0. The van der Waals surface area contributed by atoms with Crippen LogP contribution in [0.4, 0.5) is 5.69 Å². The predicted octanol–water partition coefficient (Wildman–Crippen LogP) is 2.80. The molecule has 1 aromatic carbocycles. The molecule has 0 saturated heterocycles. The first-order valence-electron chi connectivity index (χ1n) is 7.13. The summed E-state index contributed by atoms with van der Waals surface area (Å²) in [7, 11) is 0. The van der Waals surface area contributed by atoms with Gasteiger partial charge in [-0.1, -0.05) is 6.07 Å². The fraction of sp³-hybridized carbons (Fsp3) is 0.188. The van der Waals surface area contributed by atoms with E-state index in [1.165, 1.54) is 6.07 Å². The molecule has 23 heavy (non-hydrogen) atoms. The summed E-state index contributed by atoms with van der Waals surface area (Å²) in [5, 5.41) is 20.6. The Morgan fingerprint density at radius 1 is 1.39 bits per heavy atom. The van der Waals surface area contributed by atoms with Crippen molar-refractivity contribution < 1.29 is 14.8 Å². The average molecular weight is 313 g/mol. The Hall–Kier alpha value is -2.93. The van der Waals surface area contributed by atoms with Gasteiger partial charge in [0.05, 0.1) is 23.8 Å². The van der Waals surface area contributed by atoms with Crippen LogP contribution in [0.3, 0.4) is 0 Å². The molecule has 118 valence electrons. The molecular formula is C16H15N3O4. The second kappa shape index (κ2) is 6.05. The highest BCUT2D eigenvalue weighted by atomic mass is 16.6. The maximum atomic E-state index is 11.2. The summed E-state index contributed by atoms with van der Waals surface area (Å²) in [5.74, 6) is 0.237. The van der Waals surface area contributed by atoms with Gasteiger partial charge in [0.1, 0.15) is 5.65 Å². The van der Waals surface area contributed by atoms with Crippen LogP contribution in [0.25, 0.3) is 16.9 Å². The van der Waals surface area contributed by atoms with E-state index in [4.69, 9.17) is 4.74 Å². The first kappa shape index (κ1) is 15.0. The molecular weight excluding hydrogens is 298 g/mol. The van der Waals surface area contributed by atoms with E-state index in [2.05, 4.69) is 4.98 Å². The molecule has 2 aromatic heterocycles. The lowest BCUT2D eigenvalue weighted by atomic mass is 10.1. The van der Waals surface area contributed by atoms with E-state index in [0.717, 1.165) is 0 Å². The number of aliphatic hydroxyl groups is 1. The minimum atomic E-state index is -0.469. The molecule has 0 fully saturated rings. The van der Waals surface area contributed by atoms with E-state index in [0.29, 0.717) is 29.1 Å². The van der Waals surface area contributed by atoms with Gasteiger partial charge in [0, 0.05) is 29.6 Å². The third kappa shape index (κ3) is 2.74. The number of fused-ring (bicyclic) bond motifs is 1. The summed E-state index contributed by atoms with van der Waals surface area (Å²) < 4.78 is 7.07. The number of rotatable bonds is 5. The third-order valence-electron chi connectivity index (χ3n) is 3.49. The summed E-state index contributed by atoms with van der Waals surface area (Å²) in [6, 6.07) is 8.36. The second-order valence-electron chi connectivity index (χ2n) is 4.92. The molecule has 0 amide bonds. The molecule has 0 spiro atoms. The molecule has 0 aliphatic heterocycles. The SMILES string of the molecule is CCOc1ccc(-c2cn3cccc(CO)c3n2)cc1[N+](=O)[O-]. The van der Waals surface area contributed by atoms with Gasteiger partial charge in [0.25, 0.3) is 0 Å². The molecule has 0 bridgehead atoms.